The van der Waals surface area contributed by atoms with Crippen molar-refractivity contribution in [2.45, 2.75) is 35.6 Å². The zero-order valence-electron chi connectivity index (χ0n) is 16.9. The summed E-state index contributed by atoms with van der Waals surface area (Å²) in [4.78, 5) is 26.5. The van der Waals surface area contributed by atoms with Gasteiger partial charge in [0.2, 0.25) is 21.8 Å². The van der Waals surface area contributed by atoms with Gasteiger partial charge in [-0.25, -0.2) is 8.42 Å². The van der Waals surface area contributed by atoms with E-state index in [-0.39, 0.29) is 40.4 Å². The van der Waals surface area contributed by atoms with E-state index in [4.69, 9.17) is 9.47 Å². The van der Waals surface area contributed by atoms with Gasteiger partial charge in [0.25, 0.3) is 0 Å². The topological polar surface area (TPSA) is 105 Å². The molecule has 0 unspecified atom stereocenters. The summed E-state index contributed by atoms with van der Waals surface area (Å²) in [6.07, 6.45) is 1.17. The molecule has 0 aliphatic carbocycles. The number of sulfonamides is 1. The maximum absolute atomic E-state index is 13.1. The van der Waals surface area contributed by atoms with Crippen molar-refractivity contribution < 1.29 is 27.5 Å². The number of amides is 2. The zero-order valence-corrected chi connectivity index (χ0v) is 18.6. The van der Waals surface area contributed by atoms with Crippen molar-refractivity contribution in [1.29, 1.82) is 0 Å². The molecule has 30 heavy (non-hydrogen) atoms. The molecule has 0 radical (unpaired) electrons. The monoisotopic (exact) mass is 455 g/mol. The highest BCUT2D eigenvalue weighted by molar-refractivity contribution is 8.01. The van der Waals surface area contributed by atoms with Gasteiger partial charge in [0.15, 0.2) is 0 Å². The normalized spacial score (nSPS) is 27.2. The van der Waals surface area contributed by atoms with E-state index in [0.29, 0.717) is 31.1 Å². The number of hydrogen-bond acceptors (Lipinski definition) is 7. The SMILES string of the molecule is COc1ccc(NC(=O)[C@@H]2CS[C@@]3(C)CCC(=O)N23)cc1S(=O)(=O)N1CCOCC1. The number of nitrogens with one attached hydrogen (secondary N) is 1. The maximum atomic E-state index is 13.1. The summed E-state index contributed by atoms with van der Waals surface area (Å²) in [5.41, 5.74) is 0.345. The highest BCUT2D eigenvalue weighted by Gasteiger charge is 2.52. The number of ether oxygens (including phenoxy) is 2. The molecule has 11 heteroatoms. The number of carbonyl (C=O) groups is 2. The molecule has 4 rings (SSSR count). The smallest absolute Gasteiger partial charge is 0.248 e. The molecule has 9 nitrogen and oxygen atoms in total. The Morgan fingerprint density at radius 3 is 2.77 bits per heavy atom. The van der Waals surface area contributed by atoms with Gasteiger partial charge in [0.1, 0.15) is 16.7 Å². The van der Waals surface area contributed by atoms with Gasteiger partial charge in [0.05, 0.1) is 25.2 Å². The van der Waals surface area contributed by atoms with E-state index in [1.807, 2.05) is 6.92 Å². The first kappa shape index (κ1) is 21.4. The van der Waals surface area contributed by atoms with Crippen LogP contribution < -0.4 is 10.1 Å². The van der Waals surface area contributed by atoms with E-state index in [9.17, 15) is 18.0 Å². The van der Waals surface area contributed by atoms with Gasteiger partial charge in [-0.1, -0.05) is 0 Å². The number of fused-ring (bicyclic) bond motifs is 1. The van der Waals surface area contributed by atoms with Crippen LogP contribution in [-0.4, -0.2) is 79.5 Å². The third-order valence-electron chi connectivity index (χ3n) is 5.77. The number of thioether (sulfide) groups is 1. The van der Waals surface area contributed by atoms with Crippen LogP contribution >= 0.6 is 11.8 Å². The summed E-state index contributed by atoms with van der Waals surface area (Å²) in [5, 5.41) is 2.79. The second kappa shape index (κ2) is 8.03. The first-order valence-electron chi connectivity index (χ1n) is 9.79. The van der Waals surface area contributed by atoms with Gasteiger partial charge in [-0.15, -0.1) is 11.8 Å². The number of carbonyl (C=O) groups excluding carboxylic acids is 2. The summed E-state index contributed by atoms with van der Waals surface area (Å²) in [7, 11) is -2.40. The number of hydrogen-bond donors (Lipinski definition) is 1. The Kier molecular flexibility index (Phi) is 5.73. The van der Waals surface area contributed by atoms with Gasteiger partial charge in [-0.3, -0.25) is 9.59 Å². The predicted octanol–water partition coefficient (Wildman–Crippen LogP) is 1.11. The van der Waals surface area contributed by atoms with Crippen LogP contribution in [0.2, 0.25) is 0 Å². The Morgan fingerprint density at radius 2 is 2.07 bits per heavy atom. The van der Waals surface area contributed by atoms with Crippen molar-refractivity contribution in [2.75, 3.05) is 44.5 Å². The highest BCUT2D eigenvalue weighted by atomic mass is 32.2. The minimum atomic E-state index is -3.81. The van der Waals surface area contributed by atoms with Crippen LogP contribution in [-0.2, 0) is 24.3 Å². The molecule has 1 aromatic carbocycles. The average molecular weight is 456 g/mol. The predicted molar refractivity (Wildman–Crippen MR) is 112 cm³/mol. The third kappa shape index (κ3) is 3.68. The Bertz CT molecular complexity index is 963. The van der Waals surface area contributed by atoms with Crippen LogP contribution in [0, 0.1) is 0 Å². The van der Waals surface area contributed by atoms with Crippen LogP contribution in [0.1, 0.15) is 19.8 Å². The van der Waals surface area contributed by atoms with Crippen molar-refractivity contribution in [2.24, 2.45) is 0 Å². The summed E-state index contributed by atoms with van der Waals surface area (Å²) < 4.78 is 38.1. The van der Waals surface area contributed by atoms with Crippen molar-refractivity contribution >= 4 is 39.3 Å². The van der Waals surface area contributed by atoms with Gasteiger partial charge < -0.3 is 19.7 Å². The maximum Gasteiger partial charge on any atom is 0.248 e. The van der Waals surface area contributed by atoms with Crippen LogP contribution in [0.4, 0.5) is 5.69 Å². The summed E-state index contributed by atoms with van der Waals surface area (Å²) in [6, 6.07) is 3.96. The van der Waals surface area contributed by atoms with E-state index in [2.05, 4.69) is 5.32 Å². The largest absolute Gasteiger partial charge is 0.495 e. The zero-order chi connectivity index (χ0) is 21.5. The standard InChI is InChI=1S/C19H25N3O6S2/c1-19-6-5-17(23)22(19)14(12-29-19)18(24)20-13-3-4-15(27-2)16(11-13)30(25,26)21-7-9-28-10-8-21/h3-4,11,14H,5-10,12H2,1-2H3,(H,20,24)/t14-,19-/m0/s1. The second-order valence-corrected chi connectivity index (χ2v) is 11.0. The van der Waals surface area contributed by atoms with Gasteiger partial charge in [0, 0.05) is 31.0 Å². The molecule has 0 aromatic heterocycles. The molecule has 3 fully saturated rings. The lowest BCUT2D eigenvalue weighted by molar-refractivity contribution is -0.135. The molecule has 3 heterocycles. The average Bonchev–Trinajstić information content (AvgIpc) is 3.24. The molecule has 0 saturated carbocycles. The summed E-state index contributed by atoms with van der Waals surface area (Å²) in [6.45, 7) is 3.17. The van der Waals surface area contributed by atoms with Crippen LogP contribution in [0.5, 0.6) is 5.75 Å². The number of rotatable bonds is 5. The molecule has 164 valence electrons. The minimum Gasteiger partial charge on any atom is -0.495 e. The Labute approximate surface area is 180 Å². The Balaban J connectivity index is 1.58. The lowest BCUT2D eigenvalue weighted by Gasteiger charge is -2.30. The molecule has 2 amide bonds. The quantitative estimate of drug-likeness (QED) is 0.709. The van der Waals surface area contributed by atoms with Crippen molar-refractivity contribution in [3.8, 4) is 5.75 Å². The van der Waals surface area contributed by atoms with Gasteiger partial charge >= 0.3 is 0 Å². The lowest BCUT2D eigenvalue weighted by Crippen LogP contribution is -2.48. The molecular weight excluding hydrogens is 430 g/mol. The van der Waals surface area contributed by atoms with Gasteiger partial charge in [-0.2, -0.15) is 4.31 Å². The first-order valence-corrected chi connectivity index (χ1v) is 12.2. The molecule has 3 aliphatic heterocycles. The molecule has 2 atom stereocenters. The fourth-order valence-corrected chi connectivity index (χ4v) is 7.14. The van der Waals surface area contributed by atoms with Crippen molar-refractivity contribution in [3.05, 3.63) is 18.2 Å². The number of morpholine rings is 1. The minimum absolute atomic E-state index is 0.00687. The highest BCUT2D eigenvalue weighted by Crippen LogP contribution is 2.47. The van der Waals surface area contributed by atoms with Crippen LogP contribution in [0.25, 0.3) is 0 Å². The number of nitrogens with zero attached hydrogens (tertiary/aromatic N) is 2. The van der Waals surface area contributed by atoms with E-state index >= 15 is 0 Å². The fraction of sp³-hybridized carbons (Fsp3) is 0.579. The van der Waals surface area contributed by atoms with E-state index in [0.717, 1.165) is 6.42 Å². The van der Waals surface area contributed by atoms with Gasteiger partial charge in [-0.05, 0) is 31.5 Å². The fourth-order valence-electron chi connectivity index (χ4n) is 4.12. The second-order valence-electron chi connectivity index (χ2n) is 7.64. The number of methoxy groups -OCH3 is 1. The third-order valence-corrected chi connectivity index (χ3v) is 9.19. The molecule has 0 spiro atoms. The molecule has 3 saturated heterocycles. The van der Waals surface area contributed by atoms with Crippen LogP contribution in [0.15, 0.2) is 23.1 Å². The van der Waals surface area contributed by atoms with E-state index in [1.54, 1.807) is 22.7 Å². The summed E-state index contributed by atoms with van der Waals surface area (Å²) in [5.74, 6) is 0.385. The van der Waals surface area contributed by atoms with Crippen molar-refractivity contribution in [1.82, 2.24) is 9.21 Å². The molecule has 1 N–H and O–H groups in total. The Morgan fingerprint density at radius 1 is 1.33 bits per heavy atom. The Hall–Kier alpha value is -1.82. The first-order chi connectivity index (χ1) is 14.3. The van der Waals surface area contributed by atoms with E-state index < -0.39 is 16.1 Å². The van der Waals surface area contributed by atoms with Crippen molar-refractivity contribution in [3.63, 3.8) is 0 Å². The molecular formula is C19H25N3O6S2. The summed E-state index contributed by atoms with van der Waals surface area (Å²) >= 11 is 1.61. The lowest BCUT2D eigenvalue weighted by atomic mass is 10.2. The van der Waals surface area contributed by atoms with E-state index in [1.165, 1.54) is 23.5 Å². The molecule has 3 aliphatic rings. The van der Waals surface area contributed by atoms with Crippen LogP contribution in [0.3, 0.4) is 0 Å². The molecule has 0 bridgehead atoms. The number of benzene rings is 1. The molecule has 1 aromatic rings. The number of anilines is 1.